The van der Waals surface area contributed by atoms with Crippen molar-refractivity contribution < 1.29 is 14.6 Å². The van der Waals surface area contributed by atoms with E-state index in [0.29, 0.717) is 25.4 Å². The molecule has 5 N–H and O–H groups in total. The molecule has 0 aliphatic rings. The summed E-state index contributed by atoms with van der Waals surface area (Å²) >= 11 is 0. The molecule has 106 valence electrons. The van der Waals surface area contributed by atoms with Gasteiger partial charge in [0.25, 0.3) is 0 Å². The fraction of sp³-hybridized carbons (Fsp3) is 0.462. The maximum Gasteiger partial charge on any atom is 0.316 e. The number of urea groups is 1. The number of aliphatic hydroxyl groups is 1. The number of primary amides is 1. The number of nitrogens with two attached hydrogens (primary N) is 1. The van der Waals surface area contributed by atoms with Gasteiger partial charge in [-0.1, -0.05) is 12.1 Å². The maximum absolute atomic E-state index is 10.7. The van der Waals surface area contributed by atoms with E-state index in [9.17, 15) is 4.79 Å². The molecule has 1 aromatic carbocycles. The monoisotopic (exact) mass is 267 g/mol. The van der Waals surface area contributed by atoms with Crippen LogP contribution in [-0.2, 0) is 4.74 Å². The molecule has 1 aromatic rings. The highest BCUT2D eigenvalue weighted by molar-refractivity contribution is 5.87. The number of ether oxygens (including phenoxy) is 1. The summed E-state index contributed by atoms with van der Waals surface area (Å²) in [6.07, 6.45) is 0. The molecule has 1 unspecified atom stereocenters. The van der Waals surface area contributed by atoms with E-state index in [1.165, 1.54) is 0 Å². The second-order valence-corrected chi connectivity index (χ2v) is 4.12. The Morgan fingerprint density at radius 2 is 2.05 bits per heavy atom. The van der Waals surface area contributed by atoms with E-state index in [1.807, 2.05) is 19.1 Å². The summed E-state index contributed by atoms with van der Waals surface area (Å²) in [4.78, 5) is 10.7. The third kappa shape index (κ3) is 6.19. The van der Waals surface area contributed by atoms with E-state index in [4.69, 9.17) is 15.6 Å². The largest absolute Gasteiger partial charge is 0.394 e. The molecule has 2 amide bonds. The predicted octanol–water partition coefficient (Wildman–Crippen LogP) is 0.837. The van der Waals surface area contributed by atoms with Crippen molar-refractivity contribution >= 4 is 11.7 Å². The Labute approximate surface area is 112 Å². The summed E-state index contributed by atoms with van der Waals surface area (Å²) in [5.41, 5.74) is 6.82. The van der Waals surface area contributed by atoms with Gasteiger partial charge >= 0.3 is 6.03 Å². The number of carbonyl (C=O) groups is 1. The second kappa shape index (κ2) is 8.47. The normalized spacial score (nSPS) is 12.1. The minimum absolute atomic E-state index is 0.0455. The van der Waals surface area contributed by atoms with E-state index < -0.39 is 6.03 Å². The van der Waals surface area contributed by atoms with Crippen LogP contribution in [0.1, 0.15) is 18.5 Å². The number of aliphatic hydroxyl groups excluding tert-OH is 1. The number of hydrogen-bond donors (Lipinski definition) is 4. The highest BCUT2D eigenvalue weighted by Crippen LogP contribution is 2.15. The van der Waals surface area contributed by atoms with Crippen molar-refractivity contribution in [2.75, 3.05) is 31.7 Å². The zero-order chi connectivity index (χ0) is 14.1. The quantitative estimate of drug-likeness (QED) is 0.525. The number of amides is 2. The first-order chi connectivity index (χ1) is 9.13. The minimum Gasteiger partial charge on any atom is -0.394 e. The molecule has 0 aromatic heterocycles. The highest BCUT2D eigenvalue weighted by Gasteiger charge is 2.04. The van der Waals surface area contributed by atoms with Gasteiger partial charge in [0.15, 0.2) is 0 Å². The number of anilines is 1. The summed E-state index contributed by atoms with van der Waals surface area (Å²) in [5.74, 6) is 0. The lowest BCUT2D eigenvalue weighted by Gasteiger charge is -2.14. The zero-order valence-corrected chi connectivity index (χ0v) is 11.1. The Balaban J connectivity index is 2.35. The van der Waals surface area contributed by atoms with Gasteiger partial charge in [-0.05, 0) is 24.6 Å². The standard InChI is InChI=1S/C13H21N3O3/c1-10(15-6-8-19-9-7-17)11-2-4-12(5-3-11)16-13(14)18/h2-5,10,15,17H,6-9H2,1H3,(H3,14,16,18). The molecule has 0 saturated heterocycles. The van der Waals surface area contributed by atoms with Crippen LogP contribution in [0.4, 0.5) is 10.5 Å². The van der Waals surface area contributed by atoms with Gasteiger partial charge in [-0.2, -0.15) is 0 Å². The van der Waals surface area contributed by atoms with Crippen molar-refractivity contribution in [1.29, 1.82) is 0 Å². The average molecular weight is 267 g/mol. The van der Waals surface area contributed by atoms with Gasteiger partial charge in [-0.15, -0.1) is 0 Å². The van der Waals surface area contributed by atoms with Crippen LogP contribution in [0, 0.1) is 0 Å². The van der Waals surface area contributed by atoms with Crippen LogP contribution in [0.15, 0.2) is 24.3 Å². The number of carbonyl (C=O) groups excluding carboxylic acids is 1. The lowest BCUT2D eigenvalue weighted by molar-refractivity contribution is 0.0928. The summed E-state index contributed by atoms with van der Waals surface area (Å²) in [5, 5.41) is 14.4. The van der Waals surface area contributed by atoms with Gasteiger partial charge < -0.3 is 26.2 Å². The molecule has 1 rings (SSSR count). The summed E-state index contributed by atoms with van der Waals surface area (Å²) < 4.78 is 5.16. The predicted molar refractivity (Wildman–Crippen MR) is 74.0 cm³/mol. The number of hydrogen-bond acceptors (Lipinski definition) is 4. The van der Waals surface area contributed by atoms with Gasteiger partial charge in [0.2, 0.25) is 0 Å². The fourth-order valence-electron chi connectivity index (χ4n) is 1.63. The third-order valence-corrected chi connectivity index (χ3v) is 2.61. The fourth-order valence-corrected chi connectivity index (χ4v) is 1.63. The molecular weight excluding hydrogens is 246 g/mol. The second-order valence-electron chi connectivity index (χ2n) is 4.12. The summed E-state index contributed by atoms with van der Waals surface area (Å²) in [6, 6.07) is 7.08. The molecule has 0 fully saturated rings. The molecule has 0 saturated carbocycles. The van der Waals surface area contributed by atoms with Crippen molar-refractivity contribution in [3.05, 3.63) is 29.8 Å². The van der Waals surface area contributed by atoms with Crippen LogP contribution in [0.25, 0.3) is 0 Å². The highest BCUT2D eigenvalue weighted by atomic mass is 16.5. The lowest BCUT2D eigenvalue weighted by atomic mass is 10.1. The van der Waals surface area contributed by atoms with Crippen molar-refractivity contribution in [2.45, 2.75) is 13.0 Å². The molecule has 0 aliphatic heterocycles. The Morgan fingerprint density at radius 3 is 2.63 bits per heavy atom. The Bertz CT molecular complexity index is 381. The molecule has 0 spiro atoms. The maximum atomic E-state index is 10.7. The van der Waals surface area contributed by atoms with Crippen LogP contribution < -0.4 is 16.4 Å². The van der Waals surface area contributed by atoms with E-state index >= 15 is 0 Å². The first-order valence-electron chi connectivity index (χ1n) is 6.22. The van der Waals surface area contributed by atoms with E-state index in [-0.39, 0.29) is 12.6 Å². The molecular formula is C13H21N3O3. The molecule has 0 heterocycles. The molecule has 19 heavy (non-hydrogen) atoms. The Hall–Kier alpha value is -1.63. The number of rotatable bonds is 8. The van der Waals surface area contributed by atoms with Gasteiger partial charge in [0.1, 0.15) is 0 Å². The smallest absolute Gasteiger partial charge is 0.316 e. The van der Waals surface area contributed by atoms with E-state index in [1.54, 1.807) is 12.1 Å². The number of benzene rings is 1. The Kier molecular flexibility index (Phi) is 6.88. The van der Waals surface area contributed by atoms with E-state index in [0.717, 1.165) is 5.56 Å². The van der Waals surface area contributed by atoms with Gasteiger partial charge in [-0.25, -0.2) is 4.79 Å². The van der Waals surface area contributed by atoms with Crippen molar-refractivity contribution in [2.24, 2.45) is 5.73 Å². The van der Waals surface area contributed by atoms with Crippen LogP contribution in [-0.4, -0.2) is 37.5 Å². The van der Waals surface area contributed by atoms with Crippen LogP contribution in [0.2, 0.25) is 0 Å². The SMILES string of the molecule is CC(NCCOCCO)c1ccc(NC(N)=O)cc1. The first kappa shape index (κ1) is 15.4. The van der Waals surface area contributed by atoms with Crippen molar-refractivity contribution in [1.82, 2.24) is 5.32 Å². The average Bonchev–Trinajstić information content (AvgIpc) is 2.38. The summed E-state index contributed by atoms with van der Waals surface area (Å²) in [7, 11) is 0. The third-order valence-electron chi connectivity index (χ3n) is 2.61. The molecule has 0 bridgehead atoms. The first-order valence-corrected chi connectivity index (χ1v) is 6.22. The minimum atomic E-state index is -0.569. The number of nitrogens with one attached hydrogen (secondary N) is 2. The van der Waals surface area contributed by atoms with Crippen molar-refractivity contribution in [3.8, 4) is 0 Å². The molecule has 6 nitrogen and oxygen atoms in total. The van der Waals surface area contributed by atoms with Crippen LogP contribution in [0.3, 0.4) is 0 Å². The Morgan fingerprint density at radius 1 is 1.37 bits per heavy atom. The molecule has 1 atom stereocenters. The van der Waals surface area contributed by atoms with Gasteiger partial charge in [0, 0.05) is 18.3 Å². The van der Waals surface area contributed by atoms with Crippen molar-refractivity contribution in [3.63, 3.8) is 0 Å². The van der Waals surface area contributed by atoms with Gasteiger partial charge in [-0.3, -0.25) is 0 Å². The van der Waals surface area contributed by atoms with Gasteiger partial charge in [0.05, 0.1) is 19.8 Å². The van der Waals surface area contributed by atoms with E-state index in [2.05, 4.69) is 10.6 Å². The van der Waals surface area contributed by atoms with Crippen LogP contribution >= 0.6 is 0 Å². The molecule has 0 aliphatic carbocycles. The topological polar surface area (TPSA) is 96.6 Å². The lowest BCUT2D eigenvalue weighted by Crippen LogP contribution is -2.24. The molecule has 6 heteroatoms. The zero-order valence-electron chi connectivity index (χ0n) is 11.1. The summed E-state index contributed by atoms with van der Waals surface area (Å²) in [6.45, 7) is 3.73. The van der Waals surface area contributed by atoms with Crippen LogP contribution in [0.5, 0.6) is 0 Å². The molecule has 0 radical (unpaired) electrons.